The molecule has 1 aromatic carbocycles. The van der Waals surface area contributed by atoms with Gasteiger partial charge in [0.1, 0.15) is 11.7 Å². The molecular weight excluding hydrogens is 507 g/mol. The third-order valence-electron chi connectivity index (χ3n) is 6.58. The molecule has 0 unspecified atom stereocenters. The summed E-state index contributed by atoms with van der Waals surface area (Å²) in [6.07, 6.45) is 2.27. The number of aliphatic hydroxyl groups is 1. The van der Waals surface area contributed by atoms with E-state index in [1.807, 2.05) is 43.4 Å². The molecule has 0 radical (unpaired) electrons. The van der Waals surface area contributed by atoms with E-state index in [-0.39, 0.29) is 24.6 Å². The second-order valence-corrected chi connectivity index (χ2v) is 10.7. The Bertz CT molecular complexity index is 1020. The fourth-order valence-corrected chi connectivity index (χ4v) is 4.46. The monoisotopic (exact) mass is 554 g/mol. The van der Waals surface area contributed by atoms with E-state index in [1.54, 1.807) is 19.2 Å². The Morgan fingerprint density at radius 1 is 1.02 bits per heavy atom. The standard InChI is InChI=1S/C30H47BN4O5/c1-7-8-20-40-31(35(5)18-13-19-39-6)27(21-22(2)3)33-30(38)28(23(4)36)34-29(37)26-17-12-16-25(32-26)24-14-10-9-11-15-24/h9-12,14-17,22-23,27-28,36H,7-8,13,18-21H2,1-6H3,(H,33,38)(H,34,37)/t23-,27+,28+/m1/s1. The zero-order chi connectivity index (χ0) is 29.5. The predicted octanol–water partition coefficient (Wildman–Crippen LogP) is 3.57. The van der Waals surface area contributed by atoms with Crippen LogP contribution in [-0.2, 0) is 14.2 Å². The molecule has 0 aliphatic rings. The first-order valence-electron chi connectivity index (χ1n) is 14.3. The van der Waals surface area contributed by atoms with Crippen LogP contribution in [-0.4, -0.2) is 85.8 Å². The van der Waals surface area contributed by atoms with Gasteiger partial charge in [0.05, 0.1) is 17.7 Å². The summed E-state index contributed by atoms with van der Waals surface area (Å²) in [4.78, 5) is 33.3. The maximum Gasteiger partial charge on any atom is 0.406 e. The number of aromatic nitrogens is 1. The lowest BCUT2D eigenvalue weighted by Crippen LogP contribution is -2.61. The molecule has 3 N–H and O–H groups in total. The lowest BCUT2D eigenvalue weighted by Gasteiger charge is -2.33. The number of nitrogens with one attached hydrogen (secondary N) is 2. The van der Waals surface area contributed by atoms with Crippen molar-refractivity contribution in [1.29, 1.82) is 0 Å². The van der Waals surface area contributed by atoms with Crippen LogP contribution in [0.25, 0.3) is 11.3 Å². The minimum absolute atomic E-state index is 0.164. The summed E-state index contributed by atoms with van der Waals surface area (Å²) in [6, 6.07) is 13.5. The van der Waals surface area contributed by atoms with Crippen molar-refractivity contribution in [2.24, 2.45) is 5.92 Å². The molecule has 0 aliphatic carbocycles. The van der Waals surface area contributed by atoms with Gasteiger partial charge in [-0.05, 0) is 57.8 Å². The van der Waals surface area contributed by atoms with E-state index in [9.17, 15) is 14.7 Å². The molecule has 0 saturated carbocycles. The zero-order valence-electron chi connectivity index (χ0n) is 24.9. The van der Waals surface area contributed by atoms with Crippen LogP contribution in [0.3, 0.4) is 0 Å². The van der Waals surface area contributed by atoms with E-state index < -0.39 is 24.0 Å². The van der Waals surface area contributed by atoms with Crippen molar-refractivity contribution in [1.82, 2.24) is 20.4 Å². The molecular formula is C30H47BN4O5. The normalized spacial score (nSPS) is 13.6. The first kappa shape index (κ1) is 33.4. The van der Waals surface area contributed by atoms with Crippen molar-refractivity contribution in [3.8, 4) is 11.3 Å². The number of ether oxygens (including phenoxy) is 1. The number of hydrogen-bond donors (Lipinski definition) is 3. The third-order valence-corrected chi connectivity index (χ3v) is 6.58. The van der Waals surface area contributed by atoms with Crippen LogP contribution in [0.4, 0.5) is 0 Å². The number of unbranched alkanes of at least 4 members (excludes halogenated alkanes) is 1. The summed E-state index contributed by atoms with van der Waals surface area (Å²) in [6.45, 7) is 9.70. The van der Waals surface area contributed by atoms with Crippen molar-refractivity contribution < 1.29 is 24.1 Å². The molecule has 0 aliphatic heterocycles. The van der Waals surface area contributed by atoms with E-state index in [4.69, 9.17) is 9.39 Å². The van der Waals surface area contributed by atoms with Gasteiger partial charge < -0.3 is 29.9 Å². The fraction of sp³-hybridized carbons (Fsp3) is 0.567. The zero-order valence-corrected chi connectivity index (χ0v) is 24.9. The lowest BCUT2D eigenvalue weighted by atomic mass is 9.67. The average molecular weight is 555 g/mol. The summed E-state index contributed by atoms with van der Waals surface area (Å²) < 4.78 is 11.5. The molecule has 9 nitrogen and oxygen atoms in total. The Kier molecular flexibility index (Phi) is 14.9. The van der Waals surface area contributed by atoms with E-state index in [0.717, 1.165) is 31.4 Å². The highest BCUT2D eigenvalue weighted by molar-refractivity contribution is 6.51. The highest BCUT2D eigenvalue weighted by Crippen LogP contribution is 2.17. The number of carbonyl (C=O) groups excluding carboxylic acids is 2. The Balaban J connectivity index is 2.22. The molecule has 0 fully saturated rings. The van der Waals surface area contributed by atoms with Gasteiger partial charge >= 0.3 is 7.05 Å². The number of pyridine rings is 1. The average Bonchev–Trinajstić information content (AvgIpc) is 2.93. The Morgan fingerprint density at radius 3 is 2.38 bits per heavy atom. The van der Waals surface area contributed by atoms with E-state index >= 15 is 0 Å². The Morgan fingerprint density at radius 2 is 1.75 bits per heavy atom. The largest absolute Gasteiger partial charge is 0.420 e. The van der Waals surface area contributed by atoms with Gasteiger partial charge in [-0.1, -0.05) is 63.6 Å². The van der Waals surface area contributed by atoms with E-state index in [0.29, 0.717) is 25.3 Å². The molecule has 3 atom stereocenters. The molecule has 40 heavy (non-hydrogen) atoms. The van der Waals surface area contributed by atoms with Crippen LogP contribution in [0.1, 0.15) is 63.9 Å². The number of hydrogen-bond acceptors (Lipinski definition) is 7. The molecule has 0 bridgehead atoms. The van der Waals surface area contributed by atoms with Crippen LogP contribution in [0.5, 0.6) is 0 Å². The van der Waals surface area contributed by atoms with Gasteiger partial charge in [-0.25, -0.2) is 4.98 Å². The maximum atomic E-state index is 13.5. The molecule has 2 aromatic rings. The van der Waals surface area contributed by atoms with Crippen LogP contribution in [0, 0.1) is 5.92 Å². The number of benzene rings is 1. The lowest BCUT2D eigenvalue weighted by molar-refractivity contribution is -0.125. The van der Waals surface area contributed by atoms with Gasteiger partial charge in [0.15, 0.2) is 0 Å². The molecule has 0 saturated heterocycles. The molecule has 220 valence electrons. The number of amides is 2. The number of methoxy groups -OCH3 is 1. The summed E-state index contributed by atoms with van der Waals surface area (Å²) in [7, 11) is 3.28. The summed E-state index contributed by atoms with van der Waals surface area (Å²) in [5.41, 5.74) is 1.69. The Hall–Kier alpha value is -2.79. The quantitative estimate of drug-likeness (QED) is 0.191. The van der Waals surface area contributed by atoms with Gasteiger partial charge in [-0.2, -0.15) is 0 Å². The second-order valence-electron chi connectivity index (χ2n) is 10.7. The molecule has 1 aromatic heterocycles. The van der Waals surface area contributed by atoms with Crippen LogP contribution < -0.4 is 10.6 Å². The molecule has 2 amide bonds. The first-order valence-corrected chi connectivity index (χ1v) is 14.3. The van der Waals surface area contributed by atoms with Gasteiger partial charge in [-0.3, -0.25) is 9.59 Å². The minimum atomic E-state index is -1.17. The van der Waals surface area contributed by atoms with Crippen molar-refractivity contribution in [2.75, 3.05) is 33.9 Å². The molecule has 1 heterocycles. The van der Waals surface area contributed by atoms with E-state index in [1.165, 1.54) is 6.92 Å². The number of aliphatic hydroxyl groups excluding tert-OH is 1. The number of nitrogens with zero attached hydrogens (tertiary/aromatic N) is 2. The van der Waals surface area contributed by atoms with Crippen molar-refractivity contribution in [3.05, 3.63) is 54.2 Å². The summed E-state index contributed by atoms with van der Waals surface area (Å²) in [5.74, 6) is -1.08. The van der Waals surface area contributed by atoms with Crippen molar-refractivity contribution in [2.45, 2.75) is 71.5 Å². The van der Waals surface area contributed by atoms with Gasteiger partial charge in [0, 0.05) is 25.9 Å². The van der Waals surface area contributed by atoms with Crippen LogP contribution in [0.2, 0.25) is 0 Å². The molecule has 0 spiro atoms. The SMILES string of the molecule is CCCCOB([C@H](CC(C)C)NC(=O)[C@@H](NC(=O)c1cccc(-c2ccccc2)n1)[C@@H](C)O)N(C)CCCOC. The van der Waals surface area contributed by atoms with Gasteiger partial charge in [0.25, 0.3) is 5.91 Å². The number of rotatable bonds is 18. The van der Waals surface area contributed by atoms with Crippen molar-refractivity contribution in [3.63, 3.8) is 0 Å². The van der Waals surface area contributed by atoms with Gasteiger partial charge in [0.2, 0.25) is 5.91 Å². The molecule has 2 rings (SSSR count). The first-order chi connectivity index (χ1) is 19.2. The summed E-state index contributed by atoms with van der Waals surface area (Å²) >= 11 is 0. The van der Waals surface area contributed by atoms with Crippen molar-refractivity contribution >= 4 is 18.9 Å². The smallest absolute Gasteiger partial charge is 0.406 e. The molecule has 10 heteroatoms. The van der Waals surface area contributed by atoms with E-state index in [2.05, 4.69) is 41.2 Å². The fourth-order valence-electron chi connectivity index (χ4n) is 4.46. The van der Waals surface area contributed by atoms with Gasteiger partial charge in [-0.15, -0.1) is 0 Å². The second kappa shape index (κ2) is 17.8. The maximum absolute atomic E-state index is 13.5. The third kappa shape index (κ3) is 11.0. The highest BCUT2D eigenvalue weighted by Gasteiger charge is 2.37. The number of carbonyl (C=O) groups is 2. The van der Waals surface area contributed by atoms with Crippen LogP contribution >= 0.6 is 0 Å². The minimum Gasteiger partial charge on any atom is -0.420 e. The highest BCUT2D eigenvalue weighted by atomic mass is 16.5. The topological polar surface area (TPSA) is 113 Å². The Labute approximate surface area is 240 Å². The summed E-state index contributed by atoms with van der Waals surface area (Å²) in [5, 5.41) is 16.3. The van der Waals surface area contributed by atoms with Crippen LogP contribution in [0.15, 0.2) is 48.5 Å². The predicted molar refractivity (Wildman–Crippen MR) is 160 cm³/mol.